The van der Waals surface area contributed by atoms with E-state index in [1.165, 1.54) is 36.4 Å². The summed E-state index contributed by atoms with van der Waals surface area (Å²) in [5, 5.41) is 10.0. The van der Waals surface area contributed by atoms with E-state index in [9.17, 15) is 36.3 Å². The van der Waals surface area contributed by atoms with Crippen LogP contribution in [0.25, 0.3) is 0 Å². The molecule has 0 saturated carbocycles. The molecule has 1 fully saturated rings. The molecule has 13 heteroatoms. The Bertz CT molecular complexity index is 1090. The van der Waals surface area contributed by atoms with Gasteiger partial charge in [0, 0.05) is 6.42 Å². The molecule has 2 aromatic carbocycles. The van der Waals surface area contributed by atoms with Gasteiger partial charge in [0.25, 0.3) is 0 Å². The summed E-state index contributed by atoms with van der Waals surface area (Å²) in [6.45, 7) is -0.803. The largest absolute Gasteiger partial charge is 0.523 e. The lowest BCUT2D eigenvalue weighted by Gasteiger charge is -2.38. The topological polar surface area (TPSA) is 125 Å². The van der Waals surface area contributed by atoms with Crippen molar-refractivity contribution < 1.29 is 54.7 Å². The Kier molecular flexibility index (Phi) is 7.92. The van der Waals surface area contributed by atoms with Crippen molar-refractivity contribution in [2.45, 2.75) is 36.5 Å². The molecule has 1 heterocycles. The van der Waals surface area contributed by atoms with Gasteiger partial charge < -0.3 is 19.3 Å². The number of ether oxygens (including phenoxy) is 3. The second-order valence-corrected chi connectivity index (χ2v) is 8.66. The highest BCUT2D eigenvalue weighted by Crippen LogP contribution is 2.32. The molecule has 1 N–H and O–H groups in total. The number of aliphatic hydroxyl groups is 1. The number of hydrogen-bond acceptors (Lipinski definition) is 9. The van der Waals surface area contributed by atoms with Crippen LogP contribution in [-0.4, -0.2) is 62.2 Å². The third-order valence-electron chi connectivity index (χ3n) is 4.68. The smallest absolute Gasteiger partial charge is 0.459 e. The maximum Gasteiger partial charge on any atom is 0.523 e. The van der Waals surface area contributed by atoms with Crippen molar-refractivity contribution in [1.82, 2.24) is 0 Å². The van der Waals surface area contributed by atoms with E-state index in [4.69, 9.17) is 14.2 Å². The van der Waals surface area contributed by atoms with Crippen LogP contribution in [0.1, 0.15) is 27.1 Å². The van der Waals surface area contributed by atoms with Gasteiger partial charge in [-0.2, -0.15) is 21.6 Å². The van der Waals surface area contributed by atoms with Crippen LogP contribution >= 0.6 is 0 Å². The fourth-order valence-electron chi connectivity index (χ4n) is 3.08. The van der Waals surface area contributed by atoms with E-state index >= 15 is 0 Å². The van der Waals surface area contributed by atoms with Gasteiger partial charge >= 0.3 is 27.6 Å². The number of rotatable bonds is 7. The van der Waals surface area contributed by atoms with Gasteiger partial charge in [-0.25, -0.2) is 9.59 Å². The van der Waals surface area contributed by atoms with Gasteiger partial charge in [0.15, 0.2) is 6.29 Å². The lowest BCUT2D eigenvalue weighted by molar-refractivity contribution is -0.234. The van der Waals surface area contributed by atoms with Crippen molar-refractivity contribution in [1.29, 1.82) is 0 Å². The standard InChI is InChI=1S/C21H19F3O9S/c22-21(23,24)34(28,29)33-18-15(32-20(27)14-9-5-2-6-10-14)11-17(25)31-16(18)12-30-19(26)13-7-3-1-4-8-13/h1-10,15-18,25H,11-12H2. The van der Waals surface area contributed by atoms with E-state index in [0.29, 0.717) is 0 Å². The third kappa shape index (κ3) is 6.32. The number of alkyl halides is 3. The number of carbonyl (C=O) groups excluding carboxylic acids is 2. The summed E-state index contributed by atoms with van der Waals surface area (Å²) in [5.41, 5.74) is -5.67. The molecule has 1 saturated heterocycles. The zero-order valence-electron chi connectivity index (χ0n) is 17.3. The molecule has 0 aliphatic carbocycles. The average Bonchev–Trinajstić information content (AvgIpc) is 2.79. The Labute approximate surface area is 192 Å². The van der Waals surface area contributed by atoms with Gasteiger partial charge in [-0.15, -0.1) is 0 Å². The Balaban J connectivity index is 1.84. The van der Waals surface area contributed by atoms with E-state index in [0.717, 1.165) is 0 Å². The van der Waals surface area contributed by atoms with Crippen LogP contribution in [0.4, 0.5) is 13.2 Å². The molecule has 0 aromatic heterocycles. The van der Waals surface area contributed by atoms with Crippen molar-refractivity contribution in [3.63, 3.8) is 0 Å². The zero-order valence-corrected chi connectivity index (χ0v) is 18.1. The van der Waals surface area contributed by atoms with Crippen molar-refractivity contribution in [2.75, 3.05) is 6.61 Å². The Hall–Kier alpha value is -3.00. The number of aliphatic hydroxyl groups excluding tert-OH is 1. The molecule has 9 nitrogen and oxygen atoms in total. The van der Waals surface area contributed by atoms with Crippen molar-refractivity contribution in [3.8, 4) is 0 Å². The summed E-state index contributed by atoms with van der Waals surface area (Å²) in [6, 6.07) is 14.9. The van der Waals surface area contributed by atoms with Gasteiger partial charge in [0.2, 0.25) is 0 Å². The predicted octanol–water partition coefficient (Wildman–Crippen LogP) is 2.41. The van der Waals surface area contributed by atoms with Gasteiger partial charge in [0.1, 0.15) is 24.9 Å². The molecule has 184 valence electrons. The molecule has 0 spiro atoms. The number of carbonyl (C=O) groups is 2. The first-order valence-corrected chi connectivity index (χ1v) is 11.2. The number of benzene rings is 2. The molecule has 2 aromatic rings. The highest BCUT2D eigenvalue weighted by atomic mass is 32.2. The van der Waals surface area contributed by atoms with Gasteiger partial charge in [0.05, 0.1) is 11.1 Å². The SMILES string of the molecule is O=C(OCC1OC(O)CC(OC(=O)c2ccccc2)C1OS(=O)(=O)C(F)(F)F)c1ccccc1. The molecule has 3 rings (SSSR count). The third-order valence-corrected chi connectivity index (χ3v) is 5.72. The van der Waals surface area contributed by atoms with E-state index in [-0.39, 0.29) is 11.1 Å². The quantitative estimate of drug-likeness (QED) is 0.344. The molecule has 4 unspecified atom stereocenters. The van der Waals surface area contributed by atoms with Crippen LogP contribution in [0.5, 0.6) is 0 Å². The Morgan fingerprint density at radius 3 is 2.03 bits per heavy atom. The van der Waals surface area contributed by atoms with Crippen LogP contribution in [0.15, 0.2) is 60.7 Å². The predicted molar refractivity (Wildman–Crippen MR) is 108 cm³/mol. The first-order chi connectivity index (χ1) is 16.0. The first kappa shape index (κ1) is 25.6. The van der Waals surface area contributed by atoms with Crippen LogP contribution in [0.3, 0.4) is 0 Å². The summed E-state index contributed by atoms with van der Waals surface area (Å²) < 4.78 is 81.9. The van der Waals surface area contributed by atoms with Gasteiger partial charge in [-0.1, -0.05) is 36.4 Å². The van der Waals surface area contributed by atoms with Gasteiger partial charge in [-0.3, -0.25) is 4.18 Å². The summed E-state index contributed by atoms with van der Waals surface area (Å²) in [6.07, 6.45) is -7.76. The number of halogens is 3. The summed E-state index contributed by atoms with van der Waals surface area (Å²) in [7, 11) is -6.17. The lowest BCUT2D eigenvalue weighted by atomic mass is 10.0. The molecular formula is C21H19F3O9S. The minimum atomic E-state index is -6.17. The maximum absolute atomic E-state index is 13.0. The first-order valence-electron chi connectivity index (χ1n) is 9.79. The second-order valence-electron chi connectivity index (χ2n) is 7.10. The molecule has 1 aliphatic rings. The molecule has 0 radical (unpaired) electrons. The highest BCUT2D eigenvalue weighted by Gasteiger charge is 2.53. The van der Waals surface area contributed by atoms with Crippen molar-refractivity contribution in [3.05, 3.63) is 71.8 Å². The second kappa shape index (κ2) is 10.5. The summed E-state index contributed by atoms with van der Waals surface area (Å²) >= 11 is 0. The van der Waals surface area contributed by atoms with Crippen molar-refractivity contribution >= 4 is 22.1 Å². The molecular weight excluding hydrogens is 485 g/mol. The van der Waals surface area contributed by atoms with E-state index < -0.39 is 65.2 Å². The minimum Gasteiger partial charge on any atom is -0.459 e. The number of hydrogen-bond donors (Lipinski definition) is 1. The Morgan fingerprint density at radius 2 is 1.50 bits per heavy atom. The van der Waals surface area contributed by atoms with E-state index in [2.05, 4.69) is 4.18 Å². The maximum atomic E-state index is 13.0. The Morgan fingerprint density at radius 1 is 0.971 bits per heavy atom. The summed E-state index contributed by atoms with van der Waals surface area (Å²) in [5.74, 6) is -1.89. The van der Waals surface area contributed by atoms with E-state index in [1.54, 1.807) is 24.3 Å². The van der Waals surface area contributed by atoms with Crippen LogP contribution < -0.4 is 0 Å². The zero-order chi connectivity index (χ0) is 24.9. The fraction of sp³-hybridized carbons (Fsp3) is 0.333. The summed E-state index contributed by atoms with van der Waals surface area (Å²) in [4.78, 5) is 24.6. The monoisotopic (exact) mass is 504 g/mol. The molecule has 4 atom stereocenters. The van der Waals surface area contributed by atoms with Crippen LogP contribution in [0.2, 0.25) is 0 Å². The highest BCUT2D eigenvalue weighted by molar-refractivity contribution is 7.87. The molecule has 0 bridgehead atoms. The van der Waals surface area contributed by atoms with Crippen LogP contribution in [-0.2, 0) is 28.5 Å². The fourth-order valence-corrected chi connectivity index (χ4v) is 3.73. The average molecular weight is 504 g/mol. The van der Waals surface area contributed by atoms with Crippen LogP contribution in [0, 0.1) is 0 Å². The normalized spacial score (nSPS) is 23.2. The number of esters is 2. The van der Waals surface area contributed by atoms with E-state index in [1.807, 2.05) is 0 Å². The molecule has 34 heavy (non-hydrogen) atoms. The lowest BCUT2D eigenvalue weighted by Crippen LogP contribution is -2.54. The van der Waals surface area contributed by atoms with Gasteiger partial charge in [-0.05, 0) is 24.3 Å². The van der Waals surface area contributed by atoms with Crippen molar-refractivity contribution in [2.24, 2.45) is 0 Å². The minimum absolute atomic E-state index is 0.0213. The molecule has 1 aliphatic heterocycles. The molecule has 0 amide bonds.